The molecule has 0 fully saturated rings. The van der Waals surface area contributed by atoms with Crippen molar-refractivity contribution < 1.29 is 18.7 Å². The third-order valence-electron chi connectivity index (χ3n) is 5.02. The Kier molecular flexibility index (Phi) is 7.29. The van der Waals surface area contributed by atoms with Gasteiger partial charge in [-0.05, 0) is 71.3 Å². The van der Waals surface area contributed by atoms with Gasteiger partial charge < -0.3 is 9.47 Å². The van der Waals surface area contributed by atoms with Crippen molar-refractivity contribution in [1.82, 2.24) is 0 Å². The van der Waals surface area contributed by atoms with Crippen LogP contribution in [0.1, 0.15) is 15.9 Å². The molecule has 0 unspecified atom stereocenters. The molecule has 0 aliphatic rings. The van der Waals surface area contributed by atoms with Crippen molar-refractivity contribution in [2.45, 2.75) is 0 Å². The van der Waals surface area contributed by atoms with E-state index in [9.17, 15) is 9.18 Å². The third kappa shape index (κ3) is 6.40. The lowest BCUT2D eigenvalue weighted by molar-refractivity contribution is 0.104. The Morgan fingerprint density at radius 1 is 0.667 bits per heavy atom. The summed E-state index contributed by atoms with van der Waals surface area (Å²) >= 11 is 0. The van der Waals surface area contributed by atoms with Crippen molar-refractivity contribution in [3.8, 4) is 22.6 Å². The Hall–Kier alpha value is -4.18. The van der Waals surface area contributed by atoms with E-state index >= 15 is 0 Å². The first-order valence-electron chi connectivity index (χ1n) is 10.7. The van der Waals surface area contributed by atoms with E-state index in [0.717, 1.165) is 22.6 Å². The summed E-state index contributed by atoms with van der Waals surface area (Å²) in [5, 5.41) is 0. The second-order valence-corrected chi connectivity index (χ2v) is 7.36. The van der Waals surface area contributed by atoms with Crippen molar-refractivity contribution >= 4 is 11.9 Å². The number of hydrogen-bond donors (Lipinski definition) is 0. The molecule has 3 nitrogen and oxygen atoms in total. The number of rotatable bonds is 9. The predicted octanol–water partition coefficient (Wildman–Crippen LogP) is 6.85. The summed E-state index contributed by atoms with van der Waals surface area (Å²) in [7, 11) is 0. The van der Waals surface area contributed by atoms with Crippen molar-refractivity contribution in [3.05, 3.63) is 126 Å². The molecule has 4 aromatic carbocycles. The van der Waals surface area contributed by atoms with Crippen molar-refractivity contribution in [2.24, 2.45) is 0 Å². The number of ether oxygens (including phenoxy) is 2. The zero-order chi connectivity index (χ0) is 22.9. The minimum Gasteiger partial charge on any atom is -0.490 e. The number of hydrogen-bond acceptors (Lipinski definition) is 3. The van der Waals surface area contributed by atoms with Crippen LogP contribution in [0, 0.1) is 5.82 Å². The average Bonchev–Trinajstić information content (AvgIpc) is 2.87. The minimum atomic E-state index is -0.363. The normalized spacial score (nSPS) is 10.8. The maximum absolute atomic E-state index is 13.0. The fourth-order valence-corrected chi connectivity index (χ4v) is 3.25. The summed E-state index contributed by atoms with van der Waals surface area (Å²) in [4.78, 5) is 12.1. The highest BCUT2D eigenvalue weighted by Gasteiger charge is 2.02. The Morgan fingerprint density at radius 2 is 1.21 bits per heavy atom. The molecular weight excluding hydrogens is 415 g/mol. The summed E-state index contributed by atoms with van der Waals surface area (Å²) < 4.78 is 24.5. The fraction of sp³-hybridized carbons (Fsp3) is 0.0690. The highest BCUT2D eigenvalue weighted by atomic mass is 19.1. The molecule has 0 saturated carbocycles. The van der Waals surface area contributed by atoms with Crippen LogP contribution >= 0.6 is 0 Å². The zero-order valence-electron chi connectivity index (χ0n) is 18.0. The van der Waals surface area contributed by atoms with Gasteiger partial charge in [0.05, 0.1) is 0 Å². The fourth-order valence-electron chi connectivity index (χ4n) is 3.25. The second kappa shape index (κ2) is 10.9. The van der Waals surface area contributed by atoms with Crippen LogP contribution < -0.4 is 9.47 Å². The molecule has 0 atom stereocenters. The van der Waals surface area contributed by atoms with Gasteiger partial charge in [-0.3, -0.25) is 4.79 Å². The SMILES string of the molecule is O=C(C=Cc1ccc(OCCOc2ccc(-c3ccccc3)cc2)cc1)c1ccc(F)cc1. The maximum atomic E-state index is 13.0. The number of ketones is 1. The lowest BCUT2D eigenvalue weighted by atomic mass is 10.1. The van der Waals surface area contributed by atoms with E-state index in [-0.39, 0.29) is 11.6 Å². The van der Waals surface area contributed by atoms with Crippen LogP contribution in [0.15, 0.2) is 109 Å². The molecule has 0 spiro atoms. The standard InChI is InChI=1S/C29H23FO3/c30-26-13-9-25(10-14-26)29(31)19-8-22-6-15-27(16-7-22)32-20-21-33-28-17-11-24(12-18-28)23-4-2-1-3-5-23/h1-19H,20-21H2. The first kappa shape index (κ1) is 22.0. The Balaban J connectivity index is 1.22. The second-order valence-electron chi connectivity index (χ2n) is 7.36. The summed E-state index contributed by atoms with van der Waals surface area (Å²) in [6.07, 6.45) is 3.19. The van der Waals surface area contributed by atoms with Gasteiger partial charge in [0.1, 0.15) is 30.5 Å². The largest absolute Gasteiger partial charge is 0.490 e. The molecule has 0 heterocycles. The molecule has 4 aromatic rings. The van der Waals surface area contributed by atoms with E-state index in [0.29, 0.717) is 18.8 Å². The third-order valence-corrected chi connectivity index (χ3v) is 5.02. The monoisotopic (exact) mass is 438 g/mol. The van der Waals surface area contributed by atoms with E-state index in [1.165, 1.54) is 35.9 Å². The number of carbonyl (C=O) groups excluding carboxylic acids is 1. The molecule has 33 heavy (non-hydrogen) atoms. The van der Waals surface area contributed by atoms with Gasteiger partial charge in [0.15, 0.2) is 5.78 Å². The smallest absolute Gasteiger partial charge is 0.185 e. The molecule has 0 saturated heterocycles. The number of benzene rings is 4. The highest BCUT2D eigenvalue weighted by molar-refractivity contribution is 6.06. The maximum Gasteiger partial charge on any atom is 0.185 e. The average molecular weight is 438 g/mol. The van der Waals surface area contributed by atoms with Gasteiger partial charge >= 0.3 is 0 Å². The van der Waals surface area contributed by atoms with E-state index < -0.39 is 0 Å². The minimum absolute atomic E-state index is 0.177. The van der Waals surface area contributed by atoms with Crippen LogP contribution in [0.2, 0.25) is 0 Å². The number of halogens is 1. The molecule has 0 bridgehead atoms. The van der Waals surface area contributed by atoms with Crippen LogP contribution in [-0.4, -0.2) is 19.0 Å². The van der Waals surface area contributed by atoms with Gasteiger partial charge in [0.25, 0.3) is 0 Å². The van der Waals surface area contributed by atoms with Crippen molar-refractivity contribution in [3.63, 3.8) is 0 Å². The van der Waals surface area contributed by atoms with E-state index in [1.54, 1.807) is 6.08 Å². The number of allylic oxidation sites excluding steroid dienone is 1. The van der Waals surface area contributed by atoms with Crippen LogP contribution in [0.25, 0.3) is 17.2 Å². The molecule has 0 N–H and O–H groups in total. The van der Waals surface area contributed by atoms with E-state index in [1.807, 2.05) is 66.7 Å². The van der Waals surface area contributed by atoms with Crippen molar-refractivity contribution in [1.29, 1.82) is 0 Å². The molecule has 0 amide bonds. The lowest BCUT2D eigenvalue weighted by Crippen LogP contribution is -2.08. The van der Waals surface area contributed by atoms with Gasteiger partial charge in [-0.15, -0.1) is 0 Å². The summed E-state index contributed by atoms with van der Waals surface area (Å²) in [5.74, 6) is 0.978. The van der Waals surface area contributed by atoms with E-state index in [4.69, 9.17) is 9.47 Å². The van der Waals surface area contributed by atoms with E-state index in [2.05, 4.69) is 12.1 Å². The highest BCUT2D eigenvalue weighted by Crippen LogP contribution is 2.22. The molecule has 4 rings (SSSR count). The lowest BCUT2D eigenvalue weighted by Gasteiger charge is -2.09. The Morgan fingerprint density at radius 3 is 1.82 bits per heavy atom. The van der Waals surface area contributed by atoms with Gasteiger partial charge in [-0.1, -0.05) is 60.7 Å². The zero-order valence-corrected chi connectivity index (χ0v) is 18.0. The summed E-state index contributed by atoms with van der Waals surface area (Å²) in [6.45, 7) is 0.844. The predicted molar refractivity (Wildman–Crippen MR) is 129 cm³/mol. The topological polar surface area (TPSA) is 35.5 Å². The summed E-state index contributed by atoms with van der Waals surface area (Å²) in [5.41, 5.74) is 3.63. The molecule has 164 valence electrons. The van der Waals surface area contributed by atoms with Crippen LogP contribution in [0.5, 0.6) is 11.5 Å². The van der Waals surface area contributed by atoms with Crippen LogP contribution in [-0.2, 0) is 0 Å². The first-order valence-corrected chi connectivity index (χ1v) is 10.7. The quantitative estimate of drug-likeness (QED) is 0.163. The van der Waals surface area contributed by atoms with Gasteiger partial charge in [0, 0.05) is 5.56 Å². The van der Waals surface area contributed by atoms with Crippen LogP contribution in [0.4, 0.5) is 4.39 Å². The van der Waals surface area contributed by atoms with Crippen LogP contribution in [0.3, 0.4) is 0 Å². The summed E-state index contributed by atoms with van der Waals surface area (Å²) in [6, 6.07) is 31.1. The number of carbonyl (C=O) groups is 1. The molecule has 0 aromatic heterocycles. The van der Waals surface area contributed by atoms with Crippen molar-refractivity contribution in [2.75, 3.05) is 13.2 Å². The Bertz CT molecular complexity index is 1200. The molecule has 4 heteroatoms. The Labute approximate surface area is 192 Å². The van der Waals surface area contributed by atoms with Gasteiger partial charge in [-0.2, -0.15) is 0 Å². The van der Waals surface area contributed by atoms with Gasteiger partial charge in [0.2, 0.25) is 0 Å². The molecular formula is C29H23FO3. The molecule has 0 aliphatic heterocycles. The first-order chi connectivity index (χ1) is 16.2. The van der Waals surface area contributed by atoms with Gasteiger partial charge in [-0.25, -0.2) is 4.39 Å². The molecule has 0 radical (unpaired) electrons. The molecule has 0 aliphatic carbocycles.